The smallest absolute Gasteiger partial charge is 0.311 e. The summed E-state index contributed by atoms with van der Waals surface area (Å²) in [7, 11) is 6.40. The molecule has 10 fully saturated rings. The number of esters is 3. The third-order valence-corrected chi connectivity index (χ3v) is 28.5. The maximum absolute atomic E-state index is 12.5. The minimum absolute atomic E-state index is 0.0339. The predicted octanol–water partition coefficient (Wildman–Crippen LogP) is 17.4. The fourth-order valence-corrected chi connectivity index (χ4v) is 21.1. The summed E-state index contributed by atoms with van der Waals surface area (Å²) in [4.78, 5) is 106. The van der Waals surface area contributed by atoms with Crippen molar-refractivity contribution in [1.29, 1.82) is 0 Å². The SMILES string of the molecule is COc1ccc(-c2ccc3c(Cl)nc(Cl)nc3n2)cc1COC(=O)C(C)(C)C.COc1ccc(-c2ccc3c(N4C5CCC4COC5)nc(Cl)nc3n2)cc1COC(=O)C(C)(C)C.COc1ccc(-c2ccc3c(N4C5CCC4COC5)nc(N4C5CCC4COC5)nc3n2)cc1CO.COc1ccc(-c2ccc3c(N4C5CCC4COC5)nc(N4C5CCC4COC5)nc3n2)cc1COC(=O)C(C)(C)C. The van der Waals surface area contributed by atoms with Crippen LogP contribution in [0.2, 0.25) is 15.7 Å². The zero-order valence-electron chi connectivity index (χ0n) is 81.6. The van der Waals surface area contributed by atoms with Crippen molar-refractivity contribution in [3.05, 3.63) is 159 Å². The average molecular weight is 1980 g/mol. The van der Waals surface area contributed by atoms with Gasteiger partial charge in [0.2, 0.25) is 22.5 Å². The molecular weight excluding hydrogens is 1860 g/mol. The highest BCUT2D eigenvalue weighted by atomic mass is 35.5. The van der Waals surface area contributed by atoms with E-state index in [-0.39, 0.29) is 60.1 Å². The second kappa shape index (κ2) is 41.2. The normalized spacial score (nSPS) is 21.6. The van der Waals surface area contributed by atoms with E-state index in [0.717, 1.165) is 211 Å². The number of ether oxygens (including phenoxy) is 12. The summed E-state index contributed by atoms with van der Waals surface area (Å²) in [5.74, 6) is 6.04. The van der Waals surface area contributed by atoms with Gasteiger partial charge in [-0.05, 0) is 271 Å². The lowest BCUT2D eigenvalue weighted by atomic mass is 9.97. The molecule has 0 aliphatic carbocycles. The van der Waals surface area contributed by atoms with Gasteiger partial charge in [0.1, 0.15) is 65.4 Å². The third-order valence-electron chi connectivity index (χ3n) is 27.8. The first-order valence-electron chi connectivity index (χ1n) is 48.3. The molecule has 10 aliphatic heterocycles. The number of hydrogen-bond donors (Lipinski definition) is 1. The molecule has 22 rings (SSSR count). The summed E-state index contributed by atoms with van der Waals surface area (Å²) in [6, 6.07) is 41.8. The second-order valence-electron chi connectivity index (χ2n) is 40.5. The van der Waals surface area contributed by atoms with Crippen LogP contribution in [0, 0.1) is 16.2 Å². The number of carbonyl (C=O) groups is 3. The largest absolute Gasteiger partial charge is 0.496 e. The molecule has 0 saturated carbocycles. The molecule has 10 saturated heterocycles. The van der Waals surface area contributed by atoms with Crippen LogP contribution >= 0.6 is 34.8 Å². The molecule has 18 heterocycles. The Morgan fingerprint density at radius 3 is 0.844 bits per heavy atom. The predicted molar refractivity (Wildman–Crippen MR) is 537 cm³/mol. The Morgan fingerprint density at radius 1 is 0.312 bits per heavy atom. The highest BCUT2D eigenvalue weighted by Crippen LogP contribution is 2.46. The van der Waals surface area contributed by atoms with Crippen molar-refractivity contribution in [2.45, 2.75) is 213 Å². The first-order valence-corrected chi connectivity index (χ1v) is 49.4. The summed E-state index contributed by atoms with van der Waals surface area (Å²) in [6.07, 6.45) is 11.0. The number of nitrogens with zero attached hydrogens (tertiary/aromatic N) is 17. The van der Waals surface area contributed by atoms with Crippen LogP contribution in [-0.4, -0.2) is 238 Å². The number of aromatic nitrogens is 12. The first kappa shape index (κ1) is 97.9. The van der Waals surface area contributed by atoms with Crippen LogP contribution in [0.3, 0.4) is 0 Å². The van der Waals surface area contributed by atoms with Gasteiger partial charge in [-0.25, -0.2) is 24.9 Å². The Hall–Kier alpha value is -11.9. The number of hydrogen-bond acceptors (Lipinski definition) is 33. The number of halogens is 3. The summed E-state index contributed by atoms with van der Waals surface area (Å²) in [5.41, 5.74) is 10.1. The lowest BCUT2D eigenvalue weighted by Crippen LogP contribution is -2.48. The van der Waals surface area contributed by atoms with Crippen molar-refractivity contribution in [2.24, 2.45) is 16.2 Å². The summed E-state index contributed by atoms with van der Waals surface area (Å²) in [6.45, 7) is 23.8. The topological polar surface area (TPSA) is 353 Å². The van der Waals surface area contributed by atoms with Gasteiger partial charge < -0.3 is 86.4 Å². The lowest BCUT2D eigenvalue weighted by molar-refractivity contribution is -0.155. The molecule has 0 amide bonds. The summed E-state index contributed by atoms with van der Waals surface area (Å²) < 4.78 is 67.6. The van der Waals surface area contributed by atoms with Crippen LogP contribution in [0.1, 0.15) is 149 Å². The fourth-order valence-electron chi connectivity index (χ4n) is 20.5. The van der Waals surface area contributed by atoms with Gasteiger partial charge in [0.05, 0.1) is 222 Å². The molecule has 0 radical (unpaired) electrons. The van der Waals surface area contributed by atoms with E-state index in [1.807, 2.05) is 139 Å². The molecule has 141 heavy (non-hydrogen) atoms. The van der Waals surface area contributed by atoms with Gasteiger partial charge in [-0.15, -0.1) is 0 Å². The number of pyridine rings is 4. The van der Waals surface area contributed by atoms with Crippen molar-refractivity contribution in [3.63, 3.8) is 0 Å². The summed E-state index contributed by atoms with van der Waals surface area (Å²) >= 11 is 18.3. The van der Waals surface area contributed by atoms with Gasteiger partial charge in [-0.1, -0.05) is 11.6 Å². The molecule has 33 nitrogen and oxygen atoms in total. The molecular formula is C105H118Cl3N17O16. The van der Waals surface area contributed by atoms with Gasteiger partial charge in [0.25, 0.3) is 0 Å². The van der Waals surface area contributed by atoms with Crippen LogP contribution in [0.4, 0.5) is 29.4 Å². The van der Waals surface area contributed by atoms with Crippen molar-refractivity contribution in [1.82, 2.24) is 59.8 Å². The molecule has 12 aromatic rings. The van der Waals surface area contributed by atoms with Crippen molar-refractivity contribution < 1.29 is 76.3 Å². The Bertz CT molecular complexity index is 6630. The van der Waals surface area contributed by atoms with E-state index in [9.17, 15) is 19.5 Å². The molecule has 10 bridgehead atoms. The number of carbonyl (C=O) groups excluding carboxylic acids is 3. The molecule has 8 aromatic heterocycles. The highest BCUT2D eigenvalue weighted by Gasteiger charge is 2.47. The molecule has 1 N–H and O–H groups in total. The van der Waals surface area contributed by atoms with Crippen molar-refractivity contribution in [2.75, 3.05) is 119 Å². The molecule has 10 aliphatic rings. The number of fused-ring (bicyclic) bond motifs is 14. The highest BCUT2D eigenvalue weighted by molar-refractivity contribution is 6.35. The van der Waals surface area contributed by atoms with Gasteiger partial charge in [0.15, 0.2) is 22.6 Å². The molecule has 10 atom stereocenters. The van der Waals surface area contributed by atoms with Gasteiger partial charge in [-0.3, -0.25) is 14.4 Å². The van der Waals surface area contributed by atoms with E-state index in [2.05, 4.69) is 61.6 Å². The number of benzene rings is 4. The summed E-state index contributed by atoms with van der Waals surface area (Å²) in [5, 5.41) is 13.7. The number of morpholine rings is 5. The van der Waals surface area contributed by atoms with E-state index in [1.54, 1.807) is 61.3 Å². The minimum atomic E-state index is -0.584. The van der Waals surface area contributed by atoms with Crippen LogP contribution < -0.4 is 43.4 Å². The first-order chi connectivity index (χ1) is 68.0. The van der Waals surface area contributed by atoms with E-state index < -0.39 is 16.2 Å². The van der Waals surface area contributed by atoms with Crippen molar-refractivity contribution in [3.8, 4) is 68.0 Å². The van der Waals surface area contributed by atoms with Crippen molar-refractivity contribution >= 4 is 126 Å². The van der Waals surface area contributed by atoms with E-state index in [0.29, 0.717) is 144 Å². The quantitative estimate of drug-likeness (QED) is 0.0320. The zero-order valence-corrected chi connectivity index (χ0v) is 83.9. The van der Waals surface area contributed by atoms with E-state index in [1.165, 1.54) is 0 Å². The Kier molecular flexibility index (Phi) is 28.6. The Labute approximate surface area is 833 Å². The Morgan fingerprint density at radius 2 is 0.560 bits per heavy atom. The molecule has 0 spiro atoms. The lowest BCUT2D eigenvalue weighted by Gasteiger charge is -2.38. The van der Waals surface area contributed by atoms with E-state index >= 15 is 0 Å². The second-order valence-corrected chi connectivity index (χ2v) is 41.5. The van der Waals surface area contributed by atoms with Crippen LogP contribution in [0.25, 0.3) is 89.2 Å². The average Bonchev–Trinajstić information content (AvgIpc) is 1.65. The Balaban J connectivity index is 0.000000121. The van der Waals surface area contributed by atoms with Gasteiger partial charge in [-0.2, -0.15) is 34.9 Å². The number of aliphatic hydroxyl groups is 1. The van der Waals surface area contributed by atoms with Gasteiger partial charge in [0, 0.05) is 44.5 Å². The molecule has 740 valence electrons. The van der Waals surface area contributed by atoms with Crippen LogP contribution in [0.5, 0.6) is 23.0 Å². The zero-order chi connectivity index (χ0) is 98.5. The molecule has 10 unspecified atom stereocenters. The fraction of sp³-hybridized carbons (Fsp3) is 0.476. The number of anilines is 5. The standard InChI is InChI=1S/C32H39N5O5.C27H31N5O4.C26H29ClN4O4.C20H19Cl2N3O3/c1-32(2,3)30(38)42-14-20-13-19(5-12-27(20)39-4)26-11-10-25-28(33-26)34-31(37-23-8-9-24(37)18-41-17-23)35-29(25)36-21-6-7-22(36)16-40-15-21;1-34-24-9-2-16(10-17(24)11-33)23-8-7-22-25(28-23)29-27(32-20-5-6-21(32)15-36-14-20)30-26(22)31-18-3-4-19(31)13-35-12-18;1-26(2,3)24(32)35-12-16-11-15(5-10-21(16)33-4)20-9-8-19-22(28-20)29-25(27)30-23(19)31-17-6-7-18(31)14-34-13-17;1-20(2,3)18(26)28-10-12-9-11(5-8-15(12)27-4)14-7-6-13-16(21)24-19(22)25-17(13)23-14/h5,10-13,21-24H,6-9,14-18H2,1-4H3;2,7-10,18-21,33H,3-6,11-15H2,1H3;5,8-11,17-18H,6-7,12-14H2,1-4H3;5-9H,10H2,1-4H3. The number of methoxy groups -OCH3 is 4. The molecule has 4 aromatic carbocycles. The van der Waals surface area contributed by atoms with Crippen LogP contribution in [-0.2, 0) is 78.7 Å². The van der Waals surface area contributed by atoms with Crippen LogP contribution in [0.15, 0.2) is 121 Å². The maximum Gasteiger partial charge on any atom is 0.311 e. The number of aliphatic hydroxyl groups excluding tert-OH is 1. The van der Waals surface area contributed by atoms with E-state index in [4.69, 9.17) is 127 Å². The minimum Gasteiger partial charge on any atom is -0.496 e. The van der Waals surface area contributed by atoms with Gasteiger partial charge >= 0.3 is 17.9 Å². The molecule has 36 heteroatoms. The maximum atomic E-state index is 12.5. The monoisotopic (exact) mass is 1980 g/mol. The number of rotatable bonds is 20. The third kappa shape index (κ3) is 20.6.